The molecule has 156 valence electrons. The molecule has 2 N–H and O–H groups in total. The van der Waals surface area contributed by atoms with Crippen LogP contribution in [0.3, 0.4) is 0 Å². The molecule has 5 rings (SSSR count). The fourth-order valence-electron chi connectivity index (χ4n) is 4.69. The van der Waals surface area contributed by atoms with Crippen molar-refractivity contribution in [1.29, 1.82) is 0 Å². The van der Waals surface area contributed by atoms with E-state index in [9.17, 15) is 14.7 Å². The summed E-state index contributed by atoms with van der Waals surface area (Å²) in [5.41, 5.74) is 2.81. The zero-order chi connectivity index (χ0) is 21.4. The second-order valence-corrected chi connectivity index (χ2v) is 7.74. The monoisotopic (exact) mass is 414 g/mol. The zero-order valence-corrected chi connectivity index (χ0v) is 16.8. The van der Waals surface area contributed by atoms with Crippen molar-refractivity contribution in [3.63, 3.8) is 0 Å². The maximum Gasteiger partial charge on any atom is 0.326 e. The van der Waals surface area contributed by atoms with Gasteiger partial charge in [0.1, 0.15) is 5.69 Å². The Balaban J connectivity index is 1.48. The van der Waals surface area contributed by atoms with Crippen LogP contribution in [0.2, 0.25) is 0 Å². The first-order valence-electron chi connectivity index (χ1n) is 10.3. The second-order valence-electron chi connectivity index (χ2n) is 7.74. The van der Waals surface area contributed by atoms with Gasteiger partial charge in [-0.05, 0) is 35.9 Å². The number of nitrogens with zero attached hydrogens (tertiary/aromatic N) is 3. The third kappa shape index (κ3) is 3.23. The van der Waals surface area contributed by atoms with Gasteiger partial charge in [0.2, 0.25) is 0 Å². The minimum absolute atomic E-state index is 0.0327. The maximum absolute atomic E-state index is 13.2. The van der Waals surface area contributed by atoms with E-state index in [1.165, 1.54) is 0 Å². The highest BCUT2D eigenvalue weighted by Crippen LogP contribution is 2.48. The number of amides is 3. The van der Waals surface area contributed by atoms with Gasteiger partial charge in [0, 0.05) is 30.0 Å². The van der Waals surface area contributed by atoms with Crippen molar-refractivity contribution >= 4 is 23.3 Å². The lowest BCUT2D eigenvalue weighted by molar-refractivity contribution is -0.0245. The summed E-state index contributed by atoms with van der Waals surface area (Å²) in [4.78, 5) is 33.8. The van der Waals surface area contributed by atoms with Crippen molar-refractivity contribution in [3.8, 4) is 0 Å². The minimum Gasteiger partial charge on any atom is -0.394 e. The molecule has 1 saturated heterocycles. The number of pyridine rings is 1. The predicted molar refractivity (Wildman–Crippen MR) is 117 cm³/mol. The van der Waals surface area contributed by atoms with Crippen LogP contribution in [-0.2, 0) is 0 Å². The Morgan fingerprint density at radius 1 is 1.00 bits per heavy atom. The van der Waals surface area contributed by atoms with E-state index in [2.05, 4.69) is 10.3 Å². The number of aliphatic hydroxyl groups excluding tert-OH is 1. The van der Waals surface area contributed by atoms with Gasteiger partial charge in [-0.1, -0.05) is 42.5 Å². The molecular formula is C24H22N4O3. The van der Waals surface area contributed by atoms with Gasteiger partial charge in [-0.25, -0.2) is 4.79 Å². The van der Waals surface area contributed by atoms with E-state index in [1.54, 1.807) is 34.2 Å². The molecule has 2 aliphatic rings. The van der Waals surface area contributed by atoms with Crippen LogP contribution in [0.15, 0.2) is 79.0 Å². The number of carbonyl (C=O) groups excluding carboxylic acids is 2. The van der Waals surface area contributed by atoms with Crippen LogP contribution >= 0.6 is 0 Å². The fraction of sp³-hybridized carbons (Fsp3) is 0.208. The summed E-state index contributed by atoms with van der Waals surface area (Å²) in [6, 6.07) is 21.3. The largest absolute Gasteiger partial charge is 0.394 e. The lowest BCUT2D eigenvalue weighted by atomic mass is 9.72. The van der Waals surface area contributed by atoms with Crippen LogP contribution in [0.1, 0.15) is 22.0 Å². The number of benzene rings is 2. The Kier molecular flexibility index (Phi) is 4.88. The SMILES string of the molecule is O=C(Nc1ccccc1)N1C[C@H]2[C@@H](c3ccccc31)[C@@H](CO)N2C(=O)c1ccccn1. The third-order valence-electron chi connectivity index (χ3n) is 6.08. The molecular weight excluding hydrogens is 392 g/mol. The van der Waals surface area contributed by atoms with Gasteiger partial charge in [0.15, 0.2) is 0 Å². The highest BCUT2D eigenvalue weighted by atomic mass is 16.3. The van der Waals surface area contributed by atoms with Crippen molar-refractivity contribution in [2.24, 2.45) is 0 Å². The summed E-state index contributed by atoms with van der Waals surface area (Å²) in [6.07, 6.45) is 1.58. The molecule has 2 aromatic carbocycles. The topological polar surface area (TPSA) is 85.8 Å². The Morgan fingerprint density at radius 2 is 1.74 bits per heavy atom. The number of fused-ring (bicyclic) bond motifs is 3. The molecule has 1 aromatic heterocycles. The van der Waals surface area contributed by atoms with E-state index >= 15 is 0 Å². The van der Waals surface area contributed by atoms with Crippen molar-refractivity contribution in [1.82, 2.24) is 9.88 Å². The van der Waals surface area contributed by atoms with Gasteiger partial charge in [0.25, 0.3) is 5.91 Å². The van der Waals surface area contributed by atoms with Crippen LogP contribution in [-0.4, -0.2) is 52.2 Å². The van der Waals surface area contributed by atoms with Crippen LogP contribution < -0.4 is 10.2 Å². The Morgan fingerprint density at radius 3 is 2.48 bits per heavy atom. The van der Waals surface area contributed by atoms with Crippen LogP contribution in [0, 0.1) is 0 Å². The standard InChI is InChI=1S/C24H22N4O3/c29-15-21-22-17-10-4-5-12-19(17)27(24(31)26-16-8-2-1-3-9-16)14-20(22)28(21)23(30)18-11-6-7-13-25-18/h1-13,20-22,29H,14-15H2,(H,26,31)/t20-,21+,22+/m0/s1. The van der Waals surface area contributed by atoms with Gasteiger partial charge < -0.3 is 15.3 Å². The number of hydrogen-bond acceptors (Lipinski definition) is 4. The molecule has 0 bridgehead atoms. The molecule has 2 aliphatic heterocycles. The minimum atomic E-state index is -0.347. The molecule has 7 nitrogen and oxygen atoms in total. The van der Waals surface area contributed by atoms with Crippen molar-refractivity contribution in [3.05, 3.63) is 90.3 Å². The molecule has 7 heteroatoms. The molecule has 3 heterocycles. The number of aromatic nitrogens is 1. The smallest absolute Gasteiger partial charge is 0.326 e. The molecule has 0 saturated carbocycles. The third-order valence-corrected chi connectivity index (χ3v) is 6.08. The number of likely N-dealkylation sites (tertiary alicyclic amines) is 1. The Labute approximate surface area is 179 Å². The fourth-order valence-corrected chi connectivity index (χ4v) is 4.69. The van der Waals surface area contributed by atoms with E-state index in [0.717, 1.165) is 11.3 Å². The predicted octanol–water partition coefficient (Wildman–Crippen LogP) is 3.10. The molecule has 3 amide bonds. The number of hydrogen-bond donors (Lipinski definition) is 2. The number of nitrogens with one attached hydrogen (secondary N) is 1. The summed E-state index contributed by atoms with van der Waals surface area (Å²) in [5, 5.41) is 13.0. The average molecular weight is 414 g/mol. The van der Waals surface area contributed by atoms with Gasteiger partial charge in [0.05, 0.1) is 18.7 Å². The molecule has 0 aliphatic carbocycles. The van der Waals surface area contributed by atoms with Crippen molar-refractivity contribution < 1.29 is 14.7 Å². The molecule has 0 unspecified atom stereocenters. The van der Waals surface area contributed by atoms with E-state index in [0.29, 0.717) is 17.9 Å². The summed E-state index contributed by atoms with van der Waals surface area (Å²) in [7, 11) is 0. The molecule has 1 fully saturated rings. The highest BCUT2D eigenvalue weighted by Gasteiger charge is 2.55. The summed E-state index contributed by atoms with van der Waals surface area (Å²) >= 11 is 0. The molecule has 3 aromatic rings. The lowest BCUT2D eigenvalue weighted by Crippen LogP contribution is -2.71. The van der Waals surface area contributed by atoms with Gasteiger partial charge in [-0.3, -0.25) is 14.7 Å². The van der Waals surface area contributed by atoms with E-state index in [1.807, 2.05) is 54.6 Å². The number of para-hydroxylation sites is 2. The van der Waals surface area contributed by atoms with E-state index in [-0.39, 0.29) is 36.5 Å². The average Bonchev–Trinajstić information content (AvgIpc) is 2.80. The summed E-state index contributed by atoms with van der Waals surface area (Å²) in [6.45, 7) is 0.194. The lowest BCUT2D eigenvalue weighted by Gasteiger charge is -2.58. The normalized spacial score (nSPS) is 21.5. The first-order valence-corrected chi connectivity index (χ1v) is 10.3. The summed E-state index contributed by atoms with van der Waals surface area (Å²) < 4.78 is 0. The quantitative estimate of drug-likeness (QED) is 0.690. The molecule has 3 atom stereocenters. The Hall–Kier alpha value is -3.71. The maximum atomic E-state index is 13.2. The van der Waals surface area contributed by atoms with Gasteiger partial charge in [-0.2, -0.15) is 0 Å². The Bertz CT molecular complexity index is 1110. The number of carbonyl (C=O) groups is 2. The molecule has 31 heavy (non-hydrogen) atoms. The zero-order valence-electron chi connectivity index (χ0n) is 16.8. The van der Waals surface area contributed by atoms with Crippen molar-refractivity contribution in [2.75, 3.05) is 23.4 Å². The van der Waals surface area contributed by atoms with Crippen LogP contribution in [0.4, 0.5) is 16.2 Å². The van der Waals surface area contributed by atoms with Gasteiger partial charge >= 0.3 is 6.03 Å². The van der Waals surface area contributed by atoms with E-state index in [4.69, 9.17) is 0 Å². The number of anilines is 2. The highest BCUT2D eigenvalue weighted by molar-refractivity contribution is 6.03. The number of aliphatic hydroxyl groups is 1. The van der Waals surface area contributed by atoms with Crippen LogP contribution in [0.25, 0.3) is 0 Å². The van der Waals surface area contributed by atoms with Crippen LogP contribution in [0.5, 0.6) is 0 Å². The van der Waals surface area contributed by atoms with E-state index < -0.39 is 0 Å². The molecule has 0 radical (unpaired) electrons. The number of urea groups is 1. The second kappa shape index (κ2) is 7.85. The first-order chi connectivity index (χ1) is 15.2. The van der Waals surface area contributed by atoms with Gasteiger partial charge in [-0.15, -0.1) is 0 Å². The summed E-state index contributed by atoms with van der Waals surface area (Å²) in [5.74, 6) is -0.265. The molecule has 0 spiro atoms. The van der Waals surface area contributed by atoms with Crippen molar-refractivity contribution in [2.45, 2.75) is 18.0 Å². The number of rotatable bonds is 3. The first kappa shape index (κ1) is 19.3.